The second-order valence-electron chi connectivity index (χ2n) is 5.80. The van der Waals surface area contributed by atoms with E-state index in [4.69, 9.17) is 0 Å². The number of hydrogen-bond donors (Lipinski definition) is 3. The summed E-state index contributed by atoms with van der Waals surface area (Å²) in [5.74, 6) is 0.0359. The molecule has 1 rings (SSSR count). The molecule has 0 aliphatic heterocycles. The van der Waals surface area contributed by atoms with Gasteiger partial charge in [-0.25, -0.2) is 0 Å². The molecule has 1 aliphatic carbocycles. The van der Waals surface area contributed by atoms with Gasteiger partial charge in [0.1, 0.15) is 5.54 Å². The molecular weight excluding hydrogens is 256 g/mol. The number of quaternary nitrogens is 1. The Morgan fingerprint density at radius 3 is 2.45 bits per heavy atom. The van der Waals surface area contributed by atoms with Crippen LogP contribution in [0.1, 0.15) is 33.1 Å². The van der Waals surface area contributed by atoms with Crippen molar-refractivity contribution in [2.75, 3.05) is 26.7 Å². The average Bonchev–Trinajstić information content (AvgIpc) is 3.20. The molecule has 0 bridgehead atoms. The van der Waals surface area contributed by atoms with E-state index in [1.54, 1.807) is 14.0 Å². The van der Waals surface area contributed by atoms with E-state index in [0.29, 0.717) is 6.54 Å². The number of likely N-dealkylation sites (N-methyl/N-ethyl adjacent to an activating group) is 1. The molecule has 0 saturated heterocycles. The van der Waals surface area contributed by atoms with Crippen molar-refractivity contribution in [3.05, 3.63) is 0 Å². The van der Waals surface area contributed by atoms with Crippen LogP contribution >= 0.6 is 0 Å². The van der Waals surface area contributed by atoms with Gasteiger partial charge in [0, 0.05) is 6.54 Å². The lowest BCUT2D eigenvalue weighted by Crippen LogP contribution is -3.11. The Balaban J connectivity index is 2.34. The van der Waals surface area contributed by atoms with Gasteiger partial charge < -0.3 is 15.5 Å². The number of amides is 2. The van der Waals surface area contributed by atoms with Gasteiger partial charge in [0.15, 0.2) is 13.1 Å². The van der Waals surface area contributed by atoms with Crippen molar-refractivity contribution in [2.45, 2.75) is 38.6 Å². The lowest BCUT2D eigenvalue weighted by molar-refractivity contribution is -0.862. The van der Waals surface area contributed by atoms with E-state index in [0.717, 1.165) is 24.2 Å². The van der Waals surface area contributed by atoms with Gasteiger partial charge in [-0.3, -0.25) is 9.59 Å². The van der Waals surface area contributed by atoms with Crippen molar-refractivity contribution in [2.24, 2.45) is 5.92 Å². The molecule has 2 atom stereocenters. The van der Waals surface area contributed by atoms with Gasteiger partial charge in [-0.2, -0.15) is 5.26 Å². The van der Waals surface area contributed by atoms with Gasteiger partial charge in [-0.1, -0.05) is 6.92 Å². The summed E-state index contributed by atoms with van der Waals surface area (Å²) in [6.45, 7) is 4.88. The van der Waals surface area contributed by atoms with Gasteiger partial charge in [0.05, 0.1) is 13.1 Å². The Kier molecular flexibility index (Phi) is 5.96. The van der Waals surface area contributed by atoms with E-state index < -0.39 is 5.54 Å². The maximum Gasteiger partial charge on any atom is 0.276 e. The van der Waals surface area contributed by atoms with E-state index in [1.807, 2.05) is 6.92 Å². The van der Waals surface area contributed by atoms with Gasteiger partial charge in [-0.05, 0) is 32.1 Å². The third-order valence-electron chi connectivity index (χ3n) is 3.52. The molecule has 0 aromatic rings. The Morgan fingerprint density at radius 2 is 1.95 bits per heavy atom. The molecule has 1 unspecified atom stereocenters. The summed E-state index contributed by atoms with van der Waals surface area (Å²) in [6.07, 6.45) is 2.88. The van der Waals surface area contributed by atoms with Gasteiger partial charge in [-0.15, -0.1) is 0 Å². The van der Waals surface area contributed by atoms with Gasteiger partial charge in [0.2, 0.25) is 0 Å². The quantitative estimate of drug-likeness (QED) is 0.524. The second kappa shape index (κ2) is 7.25. The number of nitrogens with zero attached hydrogens (tertiary/aromatic N) is 1. The summed E-state index contributed by atoms with van der Waals surface area (Å²) in [5, 5.41) is 14.8. The Labute approximate surface area is 120 Å². The van der Waals surface area contributed by atoms with Crippen molar-refractivity contribution in [3.8, 4) is 6.07 Å². The first-order valence-electron chi connectivity index (χ1n) is 7.21. The Bertz CT molecular complexity index is 400. The number of carbonyl (C=O) groups excluding carboxylic acids is 2. The fraction of sp³-hybridized carbons (Fsp3) is 0.786. The van der Waals surface area contributed by atoms with Crippen LogP contribution in [0.5, 0.6) is 0 Å². The van der Waals surface area contributed by atoms with Crippen LogP contribution in [0.25, 0.3) is 0 Å². The number of nitrogens with one attached hydrogen (secondary N) is 3. The van der Waals surface area contributed by atoms with E-state index in [-0.39, 0.29) is 30.8 Å². The SMILES string of the molecule is CCCNC(=O)C[NH+](C)CC(=O)N[C@@](C)(C#N)C1CC1. The molecule has 0 aromatic heterocycles. The highest BCUT2D eigenvalue weighted by molar-refractivity contribution is 5.79. The molecule has 1 fully saturated rings. The van der Waals surface area contributed by atoms with E-state index in [1.165, 1.54) is 0 Å². The fourth-order valence-electron chi connectivity index (χ4n) is 2.15. The van der Waals surface area contributed by atoms with E-state index >= 15 is 0 Å². The van der Waals surface area contributed by atoms with Crippen molar-refractivity contribution in [1.29, 1.82) is 5.26 Å². The lowest BCUT2D eigenvalue weighted by atomic mass is 9.98. The maximum atomic E-state index is 11.9. The smallest absolute Gasteiger partial charge is 0.276 e. The minimum atomic E-state index is -0.762. The minimum absolute atomic E-state index is 0.0533. The molecule has 1 saturated carbocycles. The molecule has 0 radical (unpaired) electrons. The Morgan fingerprint density at radius 1 is 1.35 bits per heavy atom. The molecule has 6 nitrogen and oxygen atoms in total. The topological polar surface area (TPSA) is 86.4 Å². The maximum absolute atomic E-state index is 11.9. The zero-order chi connectivity index (χ0) is 15.2. The first-order chi connectivity index (χ1) is 9.41. The summed E-state index contributed by atoms with van der Waals surface area (Å²) in [5.41, 5.74) is -0.762. The summed E-state index contributed by atoms with van der Waals surface area (Å²) < 4.78 is 0. The van der Waals surface area contributed by atoms with Crippen LogP contribution in [0.2, 0.25) is 0 Å². The molecule has 3 N–H and O–H groups in total. The molecule has 0 spiro atoms. The number of carbonyl (C=O) groups is 2. The first kappa shape index (κ1) is 16.4. The highest BCUT2D eigenvalue weighted by atomic mass is 16.2. The standard InChI is InChI=1S/C14H24N4O2/c1-4-7-16-12(19)8-18(3)9-13(20)17-14(2,10-15)11-5-6-11/h11H,4-9H2,1-3H3,(H,16,19)(H,17,20)/p+1/t14-/m0/s1. The largest absolute Gasteiger partial charge is 0.351 e. The van der Waals surface area contributed by atoms with Crippen molar-refractivity contribution in [3.63, 3.8) is 0 Å². The van der Waals surface area contributed by atoms with Crippen LogP contribution in [0.4, 0.5) is 0 Å². The zero-order valence-corrected chi connectivity index (χ0v) is 12.6. The van der Waals surface area contributed by atoms with Crippen LogP contribution < -0.4 is 15.5 Å². The molecule has 1 aliphatic rings. The minimum Gasteiger partial charge on any atom is -0.351 e. The van der Waals surface area contributed by atoms with Crippen LogP contribution in [0.3, 0.4) is 0 Å². The molecular formula is C14H25N4O2+. The highest BCUT2D eigenvalue weighted by Crippen LogP contribution is 2.38. The van der Waals surface area contributed by atoms with Crippen LogP contribution in [-0.2, 0) is 9.59 Å². The summed E-state index contributed by atoms with van der Waals surface area (Å²) in [4.78, 5) is 24.3. The third-order valence-corrected chi connectivity index (χ3v) is 3.52. The van der Waals surface area contributed by atoms with Crippen molar-refractivity contribution in [1.82, 2.24) is 10.6 Å². The predicted molar refractivity (Wildman–Crippen MR) is 74.8 cm³/mol. The first-order valence-corrected chi connectivity index (χ1v) is 7.21. The lowest BCUT2D eigenvalue weighted by Gasteiger charge is -2.23. The molecule has 20 heavy (non-hydrogen) atoms. The fourth-order valence-corrected chi connectivity index (χ4v) is 2.15. The molecule has 6 heteroatoms. The van der Waals surface area contributed by atoms with Crippen LogP contribution in [-0.4, -0.2) is 44.0 Å². The third kappa shape index (κ3) is 5.17. The monoisotopic (exact) mass is 281 g/mol. The molecule has 2 amide bonds. The van der Waals surface area contributed by atoms with E-state index in [2.05, 4.69) is 16.7 Å². The summed E-state index contributed by atoms with van der Waals surface area (Å²) in [6, 6.07) is 2.19. The van der Waals surface area contributed by atoms with Gasteiger partial charge in [0.25, 0.3) is 11.8 Å². The predicted octanol–water partition coefficient (Wildman–Crippen LogP) is -1.16. The van der Waals surface area contributed by atoms with Gasteiger partial charge >= 0.3 is 0 Å². The van der Waals surface area contributed by atoms with Crippen molar-refractivity contribution < 1.29 is 14.5 Å². The zero-order valence-electron chi connectivity index (χ0n) is 12.6. The van der Waals surface area contributed by atoms with Crippen LogP contribution in [0.15, 0.2) is 0 Å². The Hall–Kier alpha value is -1.61. The molecule has 112 valence electrons. The van der Waals surface area contributed by atoms with Crippen LogP contribution in [0, 0.1) is 17.2 Å². The molecule has 0 aromatic carbocycles. The normalized spacial score (nSPS) is 18.5. The number of nitriles is 1. The summed E-state index contributed by atoms with van der Waals surface area (Å²) >= 11 is 0. The van der Waals surface area contributed by atoms with E-state index in [9.17, 15) is 14.9 Å². The number of rotatable bonds is 8. The highest BCUT2D eigenvalue weighted by Gasteiger charge is 2.43. The average molecular weight is 281 g/mol. The van der Waals surface area contributed by atoms with Crippen molar-refractivity contribution >= 4 is 11.8 Å². The number of hydrogen-bond acceptors (Lipinski definition) is 3. The summed E-state index contributed by atoms with van der Waals surface area (Å²) in [7, 11) is 1.80. The molecule has 0 heterocycles. The second-order valence-corrected chi connectivity index (χ2v) is 5.80.